The molecule has 0 spiro atoms. The molecule has 8 rings (SSSR count). The number of aryl methyl sites for hydroxylation is 1. The molecule has 3 atom stereocenters. The van der Waals surface area contributed by atoms with Crippen molar-refractivity contribution in [1.82, 2.24) is 24.0 Å². The van der Waals surface area contributed by atoms with Gasteiger partial charge in [-0.05, 0) is 74.3 Å². The van der Waals surface area contributed by atoms with Crippen LogP contribution >= 0.6 is 0 Å². The van der Waals surface area contributed by atoms with Crippen LogP contribution in [-0.2, 0) is 13.6 Å². The molecule has 2 saturated heterocycles. The zero-order valence-corrected chi connectivity index (χ0v) is 20.9. The summed E-state index contributed by atoms with van der Waals surface area (Å²) in [5.41, 5.74) is 10.7. The van der Waals surface area contributed by atoms with E-state index < -0.39 is 0 Å². The summed E-state index contributed by atoms with van der Waals surface area (Å²) in [5.74, 6) is 2.74. The van der Waals surface area contributed by atoms with Gasteiger partial charge in [-0.2, -0.15) is 0 Å². The summed E-state index contributed by atoms with van der Waals surface area (Å²) in [7, 11) is 3.67. The van der Waals surface area contributed by atoms with Crippen LogP contribution in [0.4, 0.5) is 0 Å². The zero-order chi connectivity index (χ0) is 24.6. The molecular formula is C28H32N6O2. The van der Waals surface area contributed by atoms with Crippen molar-refractivity contribution in [3.63, 3.8) is 0 Å². The summed E-state index contributed by atoms with van der Waals surface area (Å²) in [6, 6.07) is 10.2. The SMILES string of the molecule is COc1cc(C(=O)N2C[C@@H]3CC[C@H]2[C@@H](N)C3)cc2nc(-c3cc4cccnc4n3CC3CC3)n(C)c12. The first-order valence-corrected chi connectivity index (χ1v) is 13.1. The second kappa shape index (κ2) is 8.06. The van der Waals surface area contributed by atoms with E-state index in [0.29, 0.717) is 23.1 Å². The number of hydrogen-bond donors (Lipinski definition) is 1. The number of hydrogen-bond acceptors (Lipinski definition) is 5. The Balaban J connectivity index is 1.34. The minimum Gasteiger partial charge on any atom is -0.494 e. The highest BCUT2D eigenvalue weighted by Crippen LogP contribution is 2.39. The molecule has 0 unspecified atom stereocenters. The van der Waals surface area contributed by atoms with Crippen LogP contribution in [0.5, 0.6) is 5.75 Å². The average molecular weight is 485 g/mol. The highest BCUT2D eigenvalue weighted by molar-refractivity contribution is 6.00. The Morgan fingerprint density at radius 1 is 1.19 bits per heavy atom. The lowest BCUT2D eigenvalue weighted by molar-refractivity contribution is 0.0249. The van der Waals surface area contributed by atoms with Gasteiger partial charge in [-0.15, -0.1) is 0 Å². The van der Waals surface area contributed by atoms with Gasteiger partial charge in [-0.3, -0.25) is 4.79 Å². The third-order valence-corrected chi connectivity index (χ3v) is 8.51. The van der Waals surface area contributed by atoms with E-state index in [2.05, 4.69) is 26.3 Å². The maximum Gasteiger partial charge on any atom is 0.254 e. The number of carbonyl (C=O) groups excluding carboxylic acids is 1. The summed E-state index contributed by atoms with van der Waals surface area (Å²) in [6.45, 7) is 1.73. The lowest BCUT2D eigenvalue weighted by Crippen LogP contribution is -2.60. The number of amides is 1. The number of carbonyl (C=O) groups is 1. The van der Waals surface area contributed by atoms with Crippen molar-refractivity contribution in [3.05, 3.63) is 42.1 Å². The number of piperidine rings is 2. The number of benzene rings is 1. The maximum atomic E-state index is 13.7. The number of aromatic nitrogens is 4. The summed E-state index contributed by atoms with van der Waals surface area (Å²) >= 11 is 0. The van der Waals surface area contributed by atoms with Gasteiger partial charge in [0.2, 0.25) is 0 Å². The van der Waals surface area contributed by atoms with Crippen LogP contribution in [0.2, 0.25) is 0 Å². The number of nitrogens with two attached hydrogens (primary N) is 1. The molecule has 8 nitrogen and oxygen atoms in total. The van der Waals surface area contributed by atoms with Crippen molar-refractivity contribution in [2.24, 2.45) is 24.6 Å². The van der Waals surface area contributed by atoms with Gasteiger partial charge >= 0.3 is 0 Å². The van der Waals surface area contributed by atoms with Gasteiger partial charge in [0.1, 0.15) is 16.9 Å². The predicted molar refractivity (Wildman–Crippen MR) is 139 cm³/mol. The first kappa shape index (κ1) is 21.9. The van der Waals surface area contributed by atoms with Gasteiger partial charge in [0.25, 0.3) is 5.91 Å². The van der Waals surface area contributed by atoms with Crippen LogP contribution in [0.3, 0.4) is 0 Å². The smallest absolute Gasteiger partial charge is 0.254 e. The summed E-state index contributed by atoms with van der Waals surface area (Å²) < 4.78 is 10.2. The fraction of sp³-hybridized carbons (Fsp3) is 0.464. The fourth-order valence-electron chi connectivity index (χ4n) is 6.48. The van der Waals surface area contributed by atoms with Crippen molar-refractivity contribution in [1.29, 1.82) is 0 Å². The minimum atomic E-state index is 0.0271. The standard InChI is InChI=1S/C28H32N6O2/c1-32-25-21(31-27(32)23-12-18-4-3-9-30-26(18)33(23)14-16-5-6-16)11-19(13-24(25)36-2)28(35)34-15-17-7-8-22(34)20(29)10-17/h3-4,9,11-13,16-17,20,22H,5-8,10,14-15,29H2,1-2H3/t17-,20+,22+/m1/s1. The Hall–Kier alpha value is -3.39. The Morgan fingerprint density at radius 3 is 2.81 bits per heavy atom. The number of methoxy groups -OCH3 is 1. The molecule has 2 N–H and O–H groups in total. The monoisotopic (exact) mass is 484 g/mol. The molecule has 2 bridgehead atoms. The fourth-order valence-corrected chi connectivity index (χ4v) is 6.48. The highest BCUT2D eigenvalue weighted by Gasteiger charge is 2.41. The highest BCUT2D eigenvalue weighted by atomic mass is 16.5. The molecule has 1 amide bonds. The van der Waals surface area contributed by atoms with Gasteiger partial charge in [0.05, 0.1) is 18.3 Å². The summed E-state index contributed by atoms with van der Waals surface area (Å²) in [4.78, 5) is 25.4. The van der Waals surface area contributed by atoms with Gasteiger partial charge in [-0.1, -0.05) is 0 Å². The number of pyridine rings is 1. The summed E-state index contributed by atoms with van der Waals surface area (Å²) in [6.07, 6.45) is 7.54. The van der Waals surface area contributed by atoms with Crippen LogP contribution in [0, 0.1) is 11.8 Å². The molecule has 8 heteroatoms. The Morgan fingerprint density at radius 2 is 2.06 bits per heavy atom. The molecule has 2 aliphatic carbocycles. The molecule has 36 heavy (non-hydrogen) atoms. The Labute approximate surface area is 210 Å². The molecule has 5 heterocycles. The second-order valence-electron chi connectivity index (χ2n) is 10.9. The summed E-state index contributed by atoms with van der Waals surface area (Å²) in [5, 5.41) is 1.11. The molecule has 186 valence electrons. The van der Waals surface area contributed by atoms with Crippen LogP contribution < -0.4 is 10.5 Å². The molecule has 4 aromatic rings. The molecule has 4 aliphatic rings. The zero-order valence-electron chi connectivity index (χ0n) is 20.9. The predicted octanol–water partition coefficient (Wildman–Crippen LogP) is 3.96. The van der Waals surface area contributed by atoms with Gasteiger partial charge in [-0.25, -0.2) is 9.97 Å². The van der Waals surface area contributed by atoms with Crippen molar-refractivity contribution in [2.45, 2.75) is 50.7 Å². The number of nitrogens with zero attached hydrogens (tertiary/aromatic N) is 5. The van der Waals surface area contributed by atoms with E-state index in [1.807, 2.05) is 36.3 Å². The van der Waals surface area contributed by atoms with Crippen molar-refractivity contribution >= 4 is 28.0 Å². The normalized spacial score (nSPS) is 23.6. The van der Waals surface area contributed by atoms with E-state index in [4.69, 9.17) is 15.5 Å². The molecule has 2 saturated carbocycles. The van der Waals surface area contributed by atoms with E-state index in [1.165, 1.54) is 12.8 Å². The molecule has 0 radical (unpaired) electrons. The lowest BCUT2D eigenvalue weighted by atomic mass is 9.76. The van der Waals surface area contributed by atoms with Gasteiger partial charge in [0.15, 0.2) is 5.82 Å². The molecule has 4 fully saturated rings. The lowest BCUT2D eigenvalue weighted by Gasteiger charge is -2.48. The van der Waals surface area contributed by atoms with Crippen molar-refractivity contribution in [2.75, 3.05) is 13.7 Å². The topological polar surface area (TPSA) is 91.2 Å². The van der Waals surface area contributed by atoms with Crippen LogP contribution in [0.15, 0.2) is 36.5 Å². The molecular weight excluding hydrogens is 452 g/mol. The third kappa shape index (κ3) is 3.34. The Bertz CT molecular complexity index is 1500. The first-order valence-electron chi connectivity index (χ1n) is 13.1. The van der Waals surface area contributed by atoms with E-state index in [9.17, 15) is 4.79 Å². The number of rotatable bonds is 5. The van der Waals surface area contributed by atoms with Crippen molar-refractivity contribution in [3.8, 4) is 17.3 Å². The quantitative estimate of drug-likeness (QED) is 0.463. The van der Waals surface area contributed by atoms with E-state index in [1.54, 1.807) is 7.11 Å². The van der Waals surface area contributed by atoms with E-state index >= 15 is 0 Å². The average Bonchev–Trinajstić information content (AvgIpc) is 3.56. The van der Waals surface area contributed by atoms with Crippen molar-refractivity contribution < 1.29 is 9.53 Å². The molecule has 1 aromatic carbocycles. The minimum absolute atomic E-state index is 0.0271. The molecule has 2 aliphatic heterocycles. The third-order valence-electron chi connectivity index (χ3n) is 8.51. The Kier molecular flexibility index (Phi) is 4.90. The number of ether oxygens (including phenoxy) is 1. The second-order valence-corrected chi connectivity index (χ2v) is 10.9. The van der Waals surface area contributed by atoms with Gasteiger partial charge in [0, 0.05) is 49.4 Å². The van der Waals surface area contributed by atoms with E-state index in [-0.39, 0.29) is 18.0 Å². The first-order chi connectivity index (χ1) is 17.5. The number of fused-ring (bicyclic) bond motifs is 5. The van der Waals surface area contributed by atoms with Crippen LogP contribution in [0.25, 0.3) is 33.6 Å². The largest absolute Gasteiger partial charge is 0.494 e. The molecule has 3 aromatic heterocycles. The maximum absolute atomic E-state index is 13.7. The van der Waals surface area contributed by atoms with Crippen LogP contribution in [0.1, 0.15) is 42.5 Å². The number of imidazole rings is 1. The van der Waals surface area contributed by atoms with Crippen LogP contribution in [-0.4, -0.2) is 55.6 Å². The van der Waals surface area contributed by atoms with Gasteiger partial charge < -0.3 is 24.5 Å². The van der Waals surface area contributed by atoms with E-state index in [0.717, 1.165) is 65.9 Å².